The van der Waals surface area contributed by atoms with Crippen LogP contribution < -0.4 is 0 Å². The minimum atomic E-state index is -2.24. The first-order chi connectivity index (χ1) is 17.0. The molecule has 2 aliphatic carbocycles. The molecular formula is C26H35ClO10. The van der Waals surface area contributed by atoms with Crippen LogP contribution in [0.15, 0.2) is 24.3 Å². The van der Waals surface area contributed by atoms with E-state index in [4.69, 9.17) is 30.5 Å². The number of alkyl halides is 1. The van der Waals surface area contributed by atoms with Crippen LogP contribution in [0.25, 0.3) is 0 Å². The van der Waals surface area contributed by atoms with Crippen LogP contribution in [0, 0.1) is 17.3 Å². The van der Waals surface area contributed by atoms with Crippen LogP contribution in [0.4, 0.5) is 0 Å². The van der Waals surface area contributed by atoms with Gasteiger partial charge in [-0.05, 0) is 38.3 Å². The number of carbonyl (C=O) groups excluding carboxylic acids is 4. The highest BCUT2D eigenvalue weighted by Crippen LogP contribution is 2.57. The second kappa shape index (κ2) is 10.0. The number of hydrogen-bond donors (Lipinski definition) is 2. The van der Waals surface area contributed by atoms with E-state index < -0.39 is 82.1 Å². The fourth-order valence-electron chi connectivity index (χ4n) is 6.28. The van der Waals surface area contributed by atoms with E-state index in [0.29, 0.717) is 0 Å². The number of rotatable bonds is 3. The van der Waals surface area contributed by atoms with Crippen molar-refractivity contribution >= 4 is 35.5 Å². The molecule has 0 spiro atoms. The Hall–Kier alpha value is -2.43. The molecule has 37 heavy (non-hydrogen) atoms. The highest BCUT2D eigenvalue weighted by molar-refractivity contribution is 6.23. The molecule has 206 valence electrons. The van der Waals surface area contributed by atoms with Gasteiger partial charge in [0.25, 0.3) is 0 Å². The Morgan fingerprint density at radius 3 is 2.19 bits per heavy atom. The summed E-state index contributed by atoms with van der Waals surface area (Å²) in [6, 6.07) is 0. The Labute approximate surface area is 220 Å². The van der Waals surface area contributed by atoms with Crippen LogP contribution in [-0.4, -0.2) is 75.1 Å². The van der Waals surface area contributed by atoms with Gasteiger partial charge in [-0.15, -0.1) is 11.6 Å². The Balaban J connectivity index is 2.43. The Morgan fingerprint density at radius 2 is 1.65 bits per heavy atom. The van der Waals surface area contributed by atoms with Crippen molar-refractivity contribution in [1.82, 2.24) is 0 Å². The number of hydrogen-bond acceptors (Lipinski definition) is 10. The molecule has 0 bridgehead atoms. The SMILES string of the molecule is C=C1/C=C/[C@H](OC(C)=O)[C@@]2(C)[C@@H](OC(C)=O)CC[C@@](C)(O)[C@@H]2[C@H](OC(C)=O)[C@]2(O)[C@@H](C)C(=O)O[C@H]2[C@H]1Cl. The van der Waals surface area contributed by atoms with Gasteiger partial charge in [-0.3, -0.25) is 19.2 Å². The lowest BCUT2D eigenvalue weighted by Gasteiger charge is -2.59. The lowest BCUT2D eigenvalue weighted by Crippen LogP contribution is -2.71. The first-order valence-corrected chi connectivity index (χ1v) is 12.6. The molecule has 10 atom stereocenters. The average Bonchev–Trinajstić information content (AvgIpc) is 3.00. The van der Waals surface area contributed by atoms with Gasteiger partial charge in [-0.1, -0.05) is 19.6 Å². The molecule has 11 heteroatoms. The number of halogens is 1. The van der Waals surface area contributed by atoms with Crippen molar-refractivity contribution in [2.75, 3.05) is 0 Å². The molecule has 3 aliphatic rings. The van der Waals surface area contributed by atoms with Crippen LogP contribution in [0.2, 0.25) is 0 Å². The van der Waals surface area contributed by atoms with Crippen molar-refractivity contribution in [3.8, 4) is 0 Å². The molecule has 0 amide bonds. The molecule has 0 radical (unpaired) electrons. The van der Waals surface area contributed by atoms with Gasteiger partial charge in [-0.25, -0.2) is 0 Å². The van der Waals surface area contributed by atoms with Crippen LogP contribution in [0.1, 0.15) is 54.4 Å². The molecular weight excluding hydrogens is 508 g/mol. The maximum atomic E-state index is 12.8. The maximum Gasteiger partial charge on any atom is 0.312 e. The summed E-state index contributed by atoms with van der Waals surface area (Å²) >= 11 is 6.66. The van der Waals surface area contributed by atoms with Crippen LogP contribution in [0.3, 0.4) is 0 Å². The minimum Gasteiger partial charge on any atom is -0.462 e. The zero-order valence-corrected chi connectivity index (χ0v) is 22.6. The van der Waals surface area contributed by atoms with Crippen molar-refractivity contribution in [3.63, 3.8) is 0 Å². The zero-order chi connectivity index (χ0) is 28.1. The smallest absolute Gasteiger partial charge is 0.312 e. The summed E-state index contributed by atoms with van der Waals surface area (Å²) in [4.78, 5) is 49.7. The third kappa shape index (κ3) is 4.91. The Kier molecular flexibility index (Phi) is 7.90. The summed E-state index contributed by atoms with van der Waals surface area (Å²) < 4.78 is 22.6. The zero-order valence-electron chi connectivity index (χ0n) is 21.9. The molecule has 3 rings (SSSR count). The minimum absolute atomic E-state index is 0.0699. The van der Waals surface area contributed by atoms with Crippen molar-refractivity contribution in [3.05, 3.63) is 24.3 Å². The molecule has 0 aromatic rings. The number of esters is 4. The summed E-state index contributed by atoms with van der Waals surface area (Å²) in [5.41, 5.74) is -5.15. The average molecular weight is 543 g/mol. The number of fused-ring (bicyclic) bond motifs is 2. The van der Waals surface area contributed by atoms with Gasteiger partial charge in [0.15, 0.2) is 11.7 Å². The van der Waals surface area contributed by atoms with Gasteiger partial charge in [0.05, 0.1) is 22.3 Å². The molecule has 0 aromatic heterocycles. The largest absolute Gasteiger partial charge is 0.462 e. The van der Waals surface area contributed by atoms with E-state index in [1.54, 1.807) is 6.92 Å². The summed E-state index contributed by atoms with van der Waals surface area (Å²) in [6.07, 6.45) is -1.89. The number of ether oxygens (including phenoxy) is 4. The maximum absolute atomic E-state index is 12.8. The lowest BCUT2D eigenvalue weighted by atomic mass is 9.52. The van der Waals surface area contributed by atoms with E-state index in [1.165, 1.54) is 39.8 Å². The predicted octanol–water partition coefficient (Wildman–Crippen LogP) is 1.97. The molecule has 1 aliphatic heterocycles. The van der Waals surface area contributed by atoms with Crippen LogP contribution >= 0.6 is 11.6 Å². The van der Waals surface area contributed by atoms with Crippen LogP contribution in [-0.2, 0) is 38.1 Å². The number of carbonyl (C=O) groups is 4. The molecule has 0 unspecified atom stereocenters. The second-order valence-electron chi connectivity index (χ2n) is 10.7. The van der Waals surface area contributed by atoms with E-state index in [1.807, 2.05) is 0 Å². The van der Waals surface area contributed by atoms with Gasteiger partial charge >= 0.3 is 23.9 Å². The van der Waals surface area contributed by atoms with E-state index in [-0.39, 0.29) is 18.4 Å². The van der Waals surface area contributed by atoms with E-state index in [9.17, 15) is 29.4 Å². The normalized spacial score (nSPS) is 44.5. The molecule has 10 nitrogen and oxygen atoms in total. The monoisotopic (exact) mass is 542 g/mol. The van der Waals surface area contributed by atoms with E-state index >= 15 is 0 Å². The molecule has 2 N–H and O–H groups in total. The molecule has 1 saturated heterocycles. The molecule has 2 fully saturated rings. The second-order valence-corrected chi connectivity index (χ2v) is 11.2. The van der Waals surface area contributed by atoms with Gasteiger partial charge in [0.1, 0.15) is 18.3 Å². The number of aliphatic hydroxyl groups is 2. The summed E-state index contributed by atoms with van der Waals surface area (Å²) in [5.74, 6) is -5.35. The Bertz CT molecular complexity index is 1020. The van der Waals surface area contributed by atoms with Gasteiger partial charge in [0.2, 0.25) is 0 Å². The quantitative estimate of drug-likeness (QED) is 0.308. The van der Waals surface area contributed by atoms with Crippen molar-refractivity contribution < 1.29 is 48.3 Å². The highest BCUT2D eigenvalue weighted by Gasteiger charge is 2.71. The third-order valence-corrected chi connectivity index (χ3v) is 8.57. The molecule has 1 saturated carbocycles. The van der Waals surface area contributed by atoms with E-state index in [0.717, 1.165) is 6.92 Å². The number of allylic oxidation sites excluding steroid dienone is 1. The van der Waals surface area contributed by atoms with Crippen molar-refractivity contribution in [2.24, 2.45) is 17.3 Å². The van der Waals surface area contributed by atoms with E-state index in [2.05, 4.69) is 6.58 Å². The Morgan fingerprint density at radius 1 is 1.08 bits per heavy atom. The molecule has 0 aromatic carbocycles. The van der Waals surface area contributed by atoms with Gasteiger partial charge < -0.3 is 29.2 Å². The van der Waals surface area contributed by atoms with Crippen molar-refractivity contribution in [1.29, 1.82) is 0 Å². The summed E-state index contributed by atoms with van der Waals surface area (Å²) in [6.45, 7) is 12.0. The summed E-state index contributed by atoms with van der Waals surface area (Å²) in [5, 5.41) is 23.0. The summed E-state index contributed by atoms with van der Waals surface area (Å²) in [7, 11) is 0. The lowest BCUT2D eigenvalue weighted by molar-refractivity contribution is -0.264. The first-order valence-electron chi connectivity index (χ1n) is 12.2. The highest BCUT2D eigenvalue weighted by atomic mass is 35.5. The van der Waals surface area contributed by atoms with Crippen LogP contribution in [0.5, 0.6) is 0 Å². The topological polar surface area (TPSA) is 146 Å². The standard InChI is InChI=1S/C26H35ClO10/c1-12-8-9-17(34-14(3)28)25(7)18(35-15(4)29)10-11-24(6,32)20(25)22(36-16(5)30)26(33)13(2)23(31)37-21(26)19(12)27/h8-9,13,17-22,32-33H,1,10-11H2,2-7H3/b9-8+/t13-,17-,18-,19-,20-,21-,22-,24+,25-,26-/m0/s1. The van der Waals surface area contributed by atoms with Gasteiger partial charge in [0, 0.05) is 26.7 Å². The van der Waals surface area contributed by atoms with Crippen molar-refractivity contribution in [2.45, 2.75) is 95.4 Å². The predicted molar refractivity (Wildman–Crippen MR) is 130 cm³/mol. The third-order valence-electron chi connectivity index (χ3n) is 8.06. The molecule has 1 heterocycles. The fraction of sp³-hybridized carbons (Fsp3) is 0.692. The first kappa shape index (κ1) is 29.1. The van der Waals surface area contributed by atoms with Gasteiger partial charge in [-0.2, -0.15) is 0 Å². The fourth-order valence-corrected chi connectivity index (χ4v) is 6.60.